The SMILES string of the molecule is CC[Si](CC)(CC)N(c1c2ncnc-2ncn1[Si](C)(C)C)[Si](CC)(CC)CC. The summed E-state index contributed by atoms with van der Waals surface area (Å²) in [6.45, 7) is 21.8. The van der Waals surface area contributed by atoms with E-state index in [2.05, 4.69) is 81.0 Å². The maximum absolute atomic E-state index is 4.78. The Bertz CT molecular complexity index is 695. The molecule has 0 bridgehead atoms. The molecule has 5 nitrogen and oxygen atoms in total. The molecule has 0 N–H and O–H groups in total. The maximum atomic E-state index is 4.78. The Balaban J connectivity index is 2.98. The molecule has 0 aromatic rings. The first-order chi connectivity index (χ1) is 13.2. The number of anilines is 1. The van der Waals surface area contributed by atoms with Gasteiger partial charge in [0.05, 0.1) is 6.33 Å². The van der Waals surface area contributed by atoms with Gasteiger partial charge in [-0.1, -0.05) is 61.2 Å². The van der Waals surface area contributed by atoms with Crippen LogP contribution in [0.3, 0.4) is 0 Å². The predicted octanol–water partition coefficient (Wildman–Crippen LogP) is 6.28. The lowest BCUT2D eigenvalue weighted by molar-refractivity contribution is 0.969. The standard InChI is InChI=1S/C20H41N5Si3/c1-10-27(11-2,12-3)25(28(13-4,14-5)15-6)20-18-19(22-16-21-18)23-17-24(20)26(7,8)9/h16-17H,10-15H2,1-9H3. The van der Waals surface area contributed by atoms with Crippen molar-refractivity contribution in [3.8, 4) is 11.5 Å². The second-order valence-electron chi connectivity index (χ2n) is 9.06. The van der Waals surface area contributed by atoms with E-state index in [0.29, 0.717) is 0 Å². The van der Waals surface area contributed by atoms with Gasteiger partial charge in [0.2, 0.25) is 0 Å². The van der Waals surface area contributed by atoms with Crippen LogP contribution in [0, 0.1) is 0 Å². The Morgan fingerprint density at radius 2 is 1.21 bits per heavy atom. The molecule has 0 fully saturated rings. The molecule has 0 saturated carbocycles. The number of hydrogen-bond donors (Lipinski definition) is 0. The summed E-state index contributed by atoms with van der Waals surface area (Å²) in [5.74, 6) is 2.18. The molecule has 2 aliphatic heterocycles. The van der Waals surface area contributed by atoms with E-state index < -0.39 is 24.7 Å². The van der Waals surface area contributed by atoms with Gasteiger partial charge in [0.15, 0.2) is 14.1 Å². The zero-order valence-electron chi connectivity index (χ0n) is 19.6. The van der Waals surface area contributed by atoms with Crippen molar-refractivity contribution < 1.29 is 0 Å². The molecule has 0 amide bonds. The Morgan fingerprint density at radius 3 is 1.61 bits per heavy atom. The minimum Gasteiger partial charge on any atom is -0.408 e. The third-order valence-electron chi connectivity index (χ3n) is 7.15. The molecule has 0 unspecified atom stereocenters. The molecule has 0 saturated heterocycles. The van der Waals surface area contributed by atoms with Crippen LogP contribution in [0.15, 0.2) is 12.7 Å². The third kappa shape index (κ3) is 3.75. The first-order valence-electron chi connectivity index (χ1n) is 11.2. The highest BCUT2D eigenvalue weighted by Gasteiger charge is 2.49. The van der Waals surface area contributed by atoms with Gasteiger partial charge in [-0.05, 0) is 36.3 Å². The predicted molar refractivity (Wildman–Crippen MR) is 130 cm³/mol. The molecule has 0 aromatic carbocycles. The summed E-state index contributed by atoms with van der Waals surface area (Å²) in [6, 6.07) is 7.74. The van der Waals surface area contributed by atoms with Crippen LogP contribution in [-0.4, -0.2) is 43.9 Å². The van der Waals surface area contributed by atoms with Crippen molar-refractivity contribution in [2.45, 2.75) is 97.4 Å². The molecular weight excluding hydrogens is 395 g/mol. The van der Waals surface area contributed by atoms with E-state index in [4.69, 9.17) is 9.97 Å². The molecule has 28 heavy (non-hydrogen) atoms. The minimum absolute atomic E-state index is 0.812. The molecule has 158 valence electrons. The van der Waals surface area contributed by atoms with Crippen molar-refractivity contribution in [2.75, 3.05) is 4.23 Å². The topological polar surface area (TPSA) is 46.8 Å². The van der Waals surface area contributed by atoms with Crippen molar-refractivity contribution in [1.82, 2.24) is 19.2 Å². The molecule has 2 heterocycles. The Labute approximate surface area is 175 Å². The zero-order chi connectivity index (χ0) is 21.2. The van der Waals surface area contributed by atoms with Gasteiger partial charge in [-0.25, -0.2) is 15.0 Å². The van der Waals surface area contributed by atoms with Crippen molar-refractivity contribution in [1.29, 1.82) is 0 Å². The molecule has 2 rings (SSSR count). The number of nitrogens with zero attached hydrogens (tertiary/aromatic N) is 5. The quantitative estimate of drug-likeness (QED) is 0.412. The van der Waals surface area contributed by atoms with Crippen molar-refractivity contribution in [2.24, 2.45) is 0 Å². The summed E-state index contributed by atoms with van der Waals surface area (Å²) in [5.41, 5.74) is 1.03. The molecule has 0 atom stereocenters. The highest BCUT2D eigenvalue weighted by atomic mass is 28.4. The van der Waals surface area contributed by atoms with E-state index in [0.717, 1.165) is 11.5 Å². The third-order valence-corrected chi connectivity index (χ3v) is 22.0. The van der Waals surface area contributed by atoms with Gasteiger partial charge in [-0.3, -0.25) is 0 Å². The van der Waals surface area contributed by atoms with Gasteiger partial charge in [-0.15, -0.1) is 0 Å². The molecule has 0 radical (unpaired) electrons. The molecule has 0 aromatic heterocycles. The van der Waals surface area contributed by atoms with E-state index in [1.807, 2.05) is 0 Å². The average molecular weight is 436 g/mol. The lowest BCUT2D eigenvalue weighted by Gasteiger charge is -2.55. The van der Waals surface area contributed by atoms with E-state index in [1.54, 1.807) is 6.33 Å². The molecule has 2 aliphatic rings. The fraction of sp³-hybridized carbons (Fsp3) is 0.750. The molecule has 8 heteroatoms. The van der Waals surface area contributed by atoms with Gasteiger partial charge < -0.3 is 8.46 Å². The number of hydrogen-bond acceptors (Lipinski definition) is 4. The fourth-order valence-corrected chi connectivity index (χ4v) is 19.4. The van der Waals surface area contributed by atoms with E-state index >= 15 is 0 Å². The summed E-state index contributed by atoms with van der Waals surface area (Å²) < 4.78 is 5.60. The van der Waals surface area contributed by atoms with Crippen molar-refractivity contribution in [3.63, 3.8) is 0 Å². The van der Waals surface area contributed by atoms with Crippen LogP contribution in [0.1, 0.15) is 41.5 Å². The summed E-state index contributed by atoms with van der Waals surface area (Å²) in [7, 11) is -5.05. The Hall–Kier alpha value is -0.999. The van der Waals surface area contributed by atoms with E-state index in [1.165, 1.54) is 42.1 Å². The number of imidazole rings is 1. The van der Waals surface area contributed by atoms with Crippen LogP contribution >= 0.6 is 0 Å². The zero-order valence-corrected chi connectivity index (χ0v) is 22.6. The number of fused-ring (bicyclic) bond motifs is 1. The van der Waals surface area contributed by atoms with Gasteiger partial charge >= 0.3 is 0 Å². The van der Waals surface area contributed by atoms with Gasteiger partial charge in [0.25, 0.3) is 0 Å². The Kier molecular flexibility index (Phi) is 7.31. The van der Waals surface area contributed by atoms with Crippen LogP contribution in [0.2, 0.25) is 55.9 Å². The first-order valence-corrected chi connectivity index (χ1v) is 19.8. The van der Waals surface area contributed by atoms with Crippen molar-refractivity contribution in [3.05, 3.63) is 12.7 Å². The van der Waals surface area contributed by atoms with Crippen LogP contribution in [0.4, 0.5) is 5.82 Å². The van der Waals surface area contributed by atoms with Crippen LogP contribution in [0.5, 0.6) is 0 Å². The Morgan fingerprint density at radius 1 is 0.750 bits per heavy atom. The fourth-order valence-electron chi connectivity index (χ4n) is 4.90. The second kappa shape index (κ2) is 8.79. The maximum Gasteiger partial charge on any atom is 0.184 e. The highest BCUT2D eigenvalue weighted by molar-refractivity contribution is 7.02. The largest absolute Gasteiger partial charge is 0.408 e. The number of rotatable bonds is 10. The lowest BCUT2D eigenvalue weighted by atomic mass is 10.4. The van der Waals surface area contributed by atoms with Crippen LogP contribution in [0.25, 0.3) is 11.5 Å². The van der Waals surface area contributed by atoms with Gasteiger partial charge in [0, 0.05) is 0 Å². The summed E-state index contributed by atoms with van der Waals surface area (Å²) in [5, 5.41) is 0. The highest BCUT2D eigenvalue weighted by Crippen LogP contribution is 2.43. The summed E-state index contributed by atoms with van der Waals surface area (Å²) in [6.07, 6.45) is 3.78. The second-order valence-corrected chi connectivity index (χ2v) is 24.4. The van der Waals surface area contributed by atoms with Crippen LogP contribution < -0.4 is 4.23 Å². The first kappa shape index (κ1) is 23.3. The van der Waals surface area contributed by atoms with Gasteiger partial charge in [0.1, 0.15) is 34.3 Å². The minimum atomic E-state index is -1.69. The molecular formula is C20H41N5Si3. The average Bonchev–Trinajstić information content (AvgIpc) is 3.17. The van der Waals surface area contributed by atoms with E-state index in [-0.39, 0.29) is 0 Å². The normalized spacial score (nSPS) is 13.3. The summed E-state index contributed by atoms with van der Waals surface area (Å²) >= 11 is 0. The smallest absolute Gasteiger partial charge is 0.184 e. The van der Waals surface area contributed by atoms with E-state index in [9.17, 15) is 0 Å². The number of aromatic nitrogens is 4. The molecule has 0 spiro atoms. The lowest BCUT2D eigenvalue weighted by Crippen LogP contribution is -2.67. The summed E-state index contributed by atoms with van der Waals surface area (Å²) in [4.78, 5) is 14.0. The van der Waals surface area contributed by atoms with Crippen LogP contribution in [-0.2, 0) is 0 Å². The van der Waals surface area contributed by atoms with Crippen molar-refractivity contribution >= 4 is 30.5 Å². The molecule has 0 aliphatic carbocycles. The van der Waals surface area contributed by atoms with Gasteiger partial charge in [-0.2, -0.15) is 0 Å². The monoisotopic (exact) mass is 435 g/mol.